The van der Waals surface area contributed by atoms with Crippen LogP contribution in [0, 0.1) is 11.2 Å². The van der Waals surface area contributed by atoms with Crippen molar-refractivity contribution in [3.63, 3.8) is 0 Å². The third-order valence-electron chi connectivity index (χ3n) is 10.0. The third-order valence-corrected chi connectivity index (χ3v) is 10.0. The molecule has 1 spiro atoms. The van der Waals surface area contributed by atoms with Gasteiger partial charge in [0.25, 0.3) is 5.91 Å². The maximum atomic E-state index is 15.3. The number of piperidine rings is 2. The van der Waals surface area contributed by atoms with Crippen molar-refractivity contribution >= 4 is 17.7 Å². The Labute approximate surface area is 251 Å². The Morgan fingerprint density at radius 2 is 1.53 bits per heavy atom. The van der Waals surface area contributed by atoms with E-state index in [0.717, 1.165) is 51.0 Å². The normalized spacial score (nSPS) is 22.4. The molecule has 8 heteroatoms. The van der Waals surface area contributed by atoms with Gasteiger partial charge in [-0.15, -0.1) is 0 Å². The van der Waals surface area contributed by atoms with E-state index in [0.29, 0.717) is 12.1 Å². The number of carbonyl (C=O) groups is 3. The molecule has 1 atom stereocenters. The van der Waals surface area contributed by atoms with Gasteiger partial charge in [-0.25, -0.2) is 4.39 Å². The van der Waals surface area contributed by atoms with Gasteiger partial charge in [-0.05, 0) is 79.1 Å². The molecule has 4 aliphatic rings. The summed E-state index contributed by atoms with van der Waals surface area (Å²) < 4.78 is 15.3. The zero-order chi connectivity index (χ0) is 29.6. The molecule has 4 aliphatic heterocycles. The van der Waals surface area contributed by atoms with Crippen molar-refractivity contribution in [3.8, 4) is 0 Å². The molecule has 1 unspecified atom stereocenters. The molecule has 3 saturated heterocycles. The number of carbonyl (C=O) groups excluding carboxylic acids is 3. The number of nitrogens with zero attached hydrogens (tertiary/aromatic N) is 3. The standard InChI is InChI=1S/C35H37FN4O3/c36-28-20-24(19-27-22-40(34(43)31(27)28)29-11-12-30(41)37-33(29)42)21-38-16-13-35(23-38)14-17-39(18-15-35)32(25-7-3-1-4-8-25)26-9-5-2-6-10-26/h1-10,19-20,29,32H,11-18,21-23H2,(H,37,41,42). The van der Waals surface area contributed by atoms with Crippen LogP contribution in [0.2, 0.25) is 0 Å². The molecule has 3 aromatic carbocycles. The van der Waals surface area contributed by atoms with Crippen LogP contribution in [0.15, 0.2) is 72.8 Å². The second-order valence-electron chi connectivity index (χ2n) is 12.7. The molecule has 0 aliphatic carbocycles. The number of hydrogen-bond acceptors (Lipinski definition) is 5. The lowest BCUT2D eigenvalue weighted by atomic mass is 9.77. The van der Waals surface area contributed by atoms with E-state index >= 15 is 4.39 Å². The second-order valence-corrected chi connectivity index (χ2v) is 12.7. The molecular weight excluding hydrogens is 543 g/mol. The maximum Gasteiger partial charge on any atom is 0.258 e. The van der Waals surface area contributed by atoms with Gasteiger partial charge >= 0.3 is 0 Å². The van der Waals surface area contributed by atoms with Gasteiger partial charge in [0.2, 0.25) is 11.8 Å². The predicted octanol–water partition coefficient (Wildman–Crippen LogP) is 4.66. The molecule has 3 aromatic rings. The summed E-state index contributed by atoms with van der Waals surface area (Å²) in [4.78, 5) is 43.5. The summed E-state index contributed by atoms with van der Waals surface area (Å²) in [5, 5.41) is 2.31. The molecule has 4 heterocycles. The number of hydrogen-bond donors (Lipinski definition) is 1. The van der Waals surface area contributed by atoms with Gasteiger partial charge in [0, 0.05) is 26.1 Å². The summed E-state index contributed by atoms with van der Waals surface area (Å²) in [5.41, 5.74) is 4.46. The fraction of sp³-hybridized carbons (Fsp3) is 0.400. The monoisotopic (exact) mass is 580 g/mol. The summed E-state index contributed by atoms with van der Waals surface area (Å²) in [6.07, 6.45) is 3.85. The highest BCUT2D eigenvalue weighted by Gasteiger charge is 2.43. The first-order chi connectivity index (χ1) is 20.9. The van der Waals surface area contributed by atoms with Crippen molar-refractivity contribution in [3.05, 3.63) is 106 Å². The zero-order valence-electron chi connectivity index (χ0n) is 24.3. The number of nitrogens with one attached hydrogen (secondary N) is 1. The Morgan fingerprint density at radius 1 is 0.884 bits per heavy atom. The molecule has 1 N–H and O–H groups in total. The number of benzene rings is 3. The molecule has 0 radical (unpaired) electrons. The minimum Gasteiger partial charge on any atom is -0.322 e. The largest absolute Gasteiger partial charge is 0.322 e. The minimum absolute atomic E-state index is 0.0603. The van der Waals surface area contributed by atoms with Crippen LogP contribution in [0.25, 0.3) is 0 Å². The average Bonchev–Trinajstić information content (AvgIpc) is 3.55. The lowest BCUT2D eigenvalue weighted by Crippen LogP contribution is -2.52. The third kappa shape index (κ3) is 5.38. The van der Waals surface area contributed by atoms with Crippen LogP contribution in [0.5, 0.6) is 0 Å². The highest BCUT2D eigenvalue weighted by atomic mass is 19.1. The Hall–Kier alpha value is -3.88. The maximum absolute atomic E-state index is 15.3. The molecule has 222 valence electrons. The molecule has 7 nitrogen and oxygen atoms in total. The predicted molar refractivity (Wildman–Crippen MR) is 160 cm³/mol. The van der Waals surface area contributed by atoms with Gasteiger partial charge in [-0.1, -0.05) is 66.7 Å². The second kappa shape index (κ2) is 11.3. The van der Waals surface area contributed by atoms with Gasteiger partial charge < -0.3 is 4.90 Å². The van der Waals surface area contributed by atoms with Crippen molar-refractivity contribution in [1.29, 1.82) is 0 Å². The number of halogens is 1. The van der Waals surface area contributed by atoms with Gasteiger partial charge in [-0.3, -0.25) is 29.5 Å². The lowest BCUT2D eigenvalue weighted by molar-refractivity contribution is -0.136. The first-order valence-corrected chi connectivity index (χ1v) is 15.4. The van der Waals surface area contributed by atoms with Crippen LogP contribution in [0.4, 0.5) is 4.39 Å². The van der Waals surface area contributed by atoms with Gasteiger partial charge in [0.15, 0.2) is 0 Å². The smallest absolute Gasteiger partial charge is 0.258 e. The molecule has 3 amide bonds. The van der Waals surface area contributed by atoms with Crippen LogP contribution in [-0.4, -0.2) is 64.6 Å². The van der Waals surface area contributed by atoms with Crippen molar-refractivity contribution in [2.45, 2.75) is 57.3 Å². The van der Waals surface area contributed by atoms with Crippen molar-refractivity contribution < 1.29 is 18.8 Å². The Kier molecular flexibility index (Phi) is 7.35. The summed E-state index contributed by atoms with van der Waals surface area (Å²) >= 11 is 0. The molecule has 7 rings (SSSR count). The van der Waals surface area contributed by atoms with Crippen LogP contribution in [0.3, 0.4) is 0 Å². The van der Waals surface area contributed by atoms with E-state index in [9.17, 15) is 14.4 Å². The Balaban J connectivity index is 1.01. The van der Waals surface area contributed by atoms with E-state index in [1.54, 1.807) is 0 Å². The van der Waals surface area contributed by atoms with Gasteiger partial charge in [0.1, 0.15) is 11.9 Å². The van der Waals surface area contributed by atoms with Gasteiger partial charge in [0.05, 0.1) is 11.6 Å². The fourth-order valence-corrected chi connectivity index (χ4v) is 7.78. The van der Waals surface area contributed by atoms with Crippen molar-refractivity contribution in [2.75, 3.05) is 26.2 Å². The Morgan fingerprint density at radius 3 is 2.19 bits per heavy atom. The topological polar surface area (TPSA) is 73.0 Å². The van der Waals surface area contributed by atoms with Crippen LogP contribution in [-0.2, 0) is 22.7 Å². The van der Waals surface area contributed by atoms with E-state index in [1.165, 1.54) is 22.1 Å². The summed E-state index contributed by atoms with van der Waals surface area (Å²) in [6.45, 7) is 4.86. The number of imide groups is 1. The fourth-order valence-electron chi connectivity index (χ4n) is 7.78. The Bertz CT molecular complexity index is 1500. The molecule has 43 heavy (non-hydrogen) atoms. The molecule has 3 fully saturated rings. The lowest BCUT2D eigenvalue weighted by Gasteiger charge is -2.43. The molecule has 0 aromatic heterocycles. The van der Waals surface area contributed by atoms with Crippen LogP contribution >= 0.6 is 0 Å². The molecular formula is C35H37FN4O3. The zero-order valence-corrected chi connectivity index (χ0v) is 24.3. The van der Waals surface area contributed by atoms with E-state index < -0.39 is 23.7 Å². The average molecular weight is 581 g/mol. The number of amides is 3. The number of likely N-dealkylation sites (tertiary alicyclic amines) is 2. The summed E-state index contributed by atoms with van der Waals surface area (Å²) in [5.74, 6) is -1.81. The number of rotatable bonds is 6. The molecule has 0 saturated carbocycles. The highest BCUT2D eigenvalue weighted by Crippen LogP contribution is 2.43. The van der Waals surface area contributed by atoms with E-state index in [-0.39, 0.29) is 42.3 Å². The van der Waals surface area contributed by atoms with E-state index in [1.807, 2.05) is 6.07 Å². The summed E-state index contributed by atoms with van der Waals surface area (Å²) in [7, 11) is 0. The quantitative estimate of drug-likeness (QED) is 0.430. The highest BCUT2D eigenvalue weighted by molar-refractivity contribution is 6.05. The van der Waals surface area contributed by atoms with Crippen LogP contribution in [0.1, 0.15) is 70.8 Å². The van der Waals surface area contributed by atoms with Crippen molar-refractivity contribution in [2.24, 2.45) is 5.41 Å². The van der Waals surface area contributed by atoms with Crippen LogP contribution < -0.4 is 5.32 Å². The van der Waals surface area contributed by atoms with Gasteiger partial charge in [-0.2, -0.15) is 0 Å². The summed E-state index contributed by atoms with van der Waals surface area (Å²) in [6, 6.07) is 24.5. The van der Waals surface area contributed by atoms with E-state index in [4.69, 9.17) is 0 Å². The minimum atomic E-state index is -0.742. The van der Waals surface area contributed by atoms with E-state index in [2.05, 4.69) is 75.8 Å². The first-order valence-electron chi connectivity index (χ1n) is 15.4. The van der Waals surface area contributed by atoms with Crippen molar-refractivity contribution in [1.82, 2.24) is 20.0 Å². The first kappa shape index (κ1) is 27.9. The number of fused-ring (bicyclic) bond motifs is 1. The SMILES string of the molecule is O=C1CCC(N2Cc3cc(CN4CCC5(CCN(C(c6ccccc6)c6ccccc6)CC5)C4)cc(F)c3C2=O)C(=O)N1. The molecule has 0 bridgehead atoms.